The first-order chi connectivity index (χ1) is 16.5. The van der Waals surface area contributed by atoms with Crippen LogP contribution >= 0.6 is 11.6 Å². The molecule has 0 saturated carbocycles. The molecular formula is C23H18ClF4N5O2. The van der Waals surface area contributed by atoms with Gasteiger partial charge in [0.2, 0.25) is 5.95 Å². The van der Waals surface area contributed by atoms with Gasteiger partial charge in [-0.1, -0.05) is 23.7 Å². The van der Waals surface area contributed by atoms with Crippen LogP contribution in [0.25, 0.3) is 16.8 Å². The molecule has 0 radical (unpaired) electrons. The monoisotopic (exact) mass is 507 g/mol. The van der Waals surface area contributed by atoms with Gasteiger partial charge in [0, 0.05) is 17.3 Å². The number of aryl methyl sites for hydroxylation is 1. The highest BCUT2D eigenvalue weighted by molar-refractivity contribution is 6.34. The smallest absolute Gasteiger partial charge is 0.294 e. The number of nitrogens with two attached hydrogens (primary N) is 1. The molecule has 2 aromatic heterocycles. The Bertz CT molecular complexity index is 1440. The maximum absolute atomic E-state index is 15.3. The van der Waals surface area contributed by atoms with Gasteiger partial charge in [0.15, 0.2) is 5.65 Å². The summed E-state index contributed by atoms with van der Waals surface area (Å²) in [6.45, 7) is 0.162. The number of anilines is 1. The molecular weight excluding hydrogens is 490 g/mol. The molecule has 4 rings (SSSR count). The summed E-state index contributed by atoms with van der Waals surface area (Å²) in [5.74, 6) is -7.27. The van der Waals surface area contributed by atoms with E-state index in [0.29, 0.717) is 16.8 Å². The third-order valence-electron chi connectivity index (χ3n) is 5.32. The first-order valence-corrected chi connectivity index (χ1v) is 10.6. The van der Waals surface area contributed by atoms with E-state index in [4.69, 9.17) is 17.3 Å². The number of pyridine rings is 1. The first kappa shape index (κ1) is 24.4. The lowest BCUT2D eigenvalue weighted by Crippen LogP contribution is -2.41. The van der Waals surface area contributed by atoms with Crippen molar-refractivity contribution in [1.29, 1.82) is 0 Å². The van der Waals surface area contributed by atoms with Crippen molar-refractivity contribution in [3.63, 3.8) is 0 Å². The van der Waals surface area contributed by atoms with Gasteiger partial charge < -0.3 is 16.2 Å². The van der Waals surface area contributed by atoms with Gasteiger partial charge in [0.05, 0.1) is 17.1 Å². The van der Waals surface area contributed by atoms with Crippen molar-refractivity contribution in [2.75, 3.05) is 12.3 Å². The molecule has 0 saturated heterocycles. The van der Waals surface area contributed by atoms with Crippen molar-refractivity contribution >= 4 is 29.1 Å². The summed E-state index contributed by atoms with van der Waals surface area (Å²) < 4.78 is 59.9. The summed E-state index contributed by atoms with van der Waals surface area (Å²) in [6.07, 6.45) is -1.06. The highest BCUT2D eigenvalue weighted by Gasteiger charge is 2.41. The maximum Gasteiger partial charge on any atom is 0.294 e. The minimum absolute atomic E-state index is 0.00688. The van der Waals surface area contributed by atoms with Crippen LogP contribution in [0, 0.1) is 18.6 Å². The largest absolute Gasteiger partial charge is 0.382 e. The zero-order valence-electron chi connectivity index (χ0n) is 18.1. The number of aliphatic hydroxyl groups is 1. The molecule has 7 nitrogen and oxygen atoms in total. The van der Waals surface area contributed by atoms with Gasteiger partial charge in [-0.3, -0.25) is 4.79 Å². The number of fused-ring (bicyclic) bond motifs is 1. The molecule has 1 atom stereocenters. The van der Waals surface area contributed by atoms with Crippen LogP contribution in [0.3, 0.4) is 0 Å². The van der Waals surface area contributed by atoms with E-state index in [1.54, 1.807) is 6.92 Å². The number of carbonyl (C=O) groups is 1. The van der Waals surface area contributed by atoms with Crippen molar-refractivity contribution < 1.29 is 27.5 Å². The number of halogens is 5. The molecule has 1 amide bonds. The maximum atomic E-state index is 15.3. The number of benzene rings is 2. The molecule has 0 bridgehead atoms. The van der Waals surface area contributed by atoms with Gasteiger partial charge in [-0.15, -0.1) is 5.10 Å². The van der Waals surface area contributed by atoms with E-state index >= 15 is 4.39 Å². The summed E-state index contributed by atoms with van der Waals surface area (Å²) in [4.78, 5) is 16.6. The van der Waals surface area contributed by atoms with Crippen LogP contribution in [0.5, 0.6) is 0 Å². The number of nitrogens with zero attached hydrogens (tertiary/aromatic N) is 3. The highest BCUT2D eigenvalue weighted by Crippen LogP contribution is 2.34. The van der Waals surface area contributed by atoms with E-state index in [9.17, 15) is 23.1 Å². The van der Waals surface area contributed by atoms with Gasteiger partial charge in [-0.05, 0) is 48.4 Å². The topological polar surface area (TPSA) is 106 Å². The molecule has 0 aliphatic rings. The fraction of sp³-hybridized carbons (Fsp3) is 0.174. The number of alkyl halides is 2. The van der Waals surface area contributed by atoms with Crippen molar-refractivity contribution in [1.82, 2.24) is 19.9 Å². The number of rotatable bonds is 6. The Hall–Kier alpha value is -3.70. The van der Waals surface area contributed by atoms with E-state index in [1.165, 1.54) is 41.0 Å². The number of aliphatic hydroxyl groups excluding tert-OH is 1. The van der Waals surface area contributed by atoms with E-state index < -0.39 is 47.2 Å². The molecule has 0 aliphatic heterocycles. The Labute approximate surface area is 201 Å². The van der Waals surface area contributed by atoms with Gasteiger partial charge >= 0.3 is 0 Å². The minimum Gasteiger partial charge on any atom is -0.382 e. The van der Waals surface area contributed by atoms with E-state index in [-0.39, 0.29) is 16.5 Å². The van der Waals surface area contributed by atoms with Gasteiger partial charge in [0.25, 0.3) is 11.8 Å². The second kappa shape index (κ2) is 9.16. The number of nitrogen functional groups attached to an aromatic ring is 1. The Morgan fingerprint density at radius 1 is 1.23 bits per heavy atom. The molecule has 2 heterocycles. The van der Waals surface area contributed by atoms with Crippen LogP contribution in [-0.2, 0) is 0 Å². The zero-order valence-corrected chi connectivity index (χ0v) is 18.8. The quantitative estimate of drug-likeness (QED) is 0.337. The second-order valence-corrected chi connectivity index (χ2v) is 8.25. The molecule has 0 aliphatic carbocycles. The van der Waals surface area contributed by atoms with Gasteiger partial charge in [0.1, 0.15) is 17.7 Å². The molecule has 4 N–H and O–H groups in total. The molecule has 0 fully saturated rings. The molecule has 182 valence electrons. The van der Waals surface area contributed by atoms with Crippen molar-refractivity contribution in [3.05, 3.63) is 82.0 Å². The number of hydrogen-bond donors (Lipinski definition) is 3. The number of hydrogen-bond acceptors (Lipinski definition) is 5. The highest BCUT2D eigenvalue weighted by atomic mass is 35.5. The molecule has 0 spiro atoms. The zero-order chi connectivity index (χ0) is 25.5. The normalized spacial score (nSPS) is 12.7. The van der Waals surface area contributed by atoms with Crippen LogP contribution in [0.2, 0.25) is 5.02 Å². The van der Waals surface area contributed by atoms with Crippen molar-refractivity contribution in [2.24, 2.45) is 0 Å². The van der Waals surface area contributed by atoms with Crippen LogP contribution in [0.1, 0.15) is 27.6 Å². The fourth-order valence-corrected chi connectivity index (χ4v) is 3.75. The van der Waals surface area contributed by atoms with E-state index in [0.717, 1.165) is 12.1 Å². The Morgan fingerprint density at radius 3 is 2.69 bits per heavy atom. The lowest BCUT2D eigenvalue weighted by atomic mass is 10.0. The summed E-state index contributed by atoms with van der Waals surface area (Å²) >= 11 is 6.00. The minimum atomic E-state index is -3.97. The van der Waals surface area contributed by atoms with Crippen molar-refractivity contribution in [2.45, 2.75) is 19.0 Å². The Balaban J connectivity index is 1.58. The standard InChI is InChI=1S/C23H18ClF4N5O2/c1-11-2-3-14(16(25)8-11)20(34)23(27,28)10-30-21(35)18-15(24)5-4-13(19(18)26)12-6-7-33-17(9-12)31-22(29)32-33/h2-9,20,34H,10H2,1H3,(H2,29,32)(H,30,35). The summed E-state index contributed by atoms with van der Waals surface area (Å²) in [6, 6.07) is 8.92. The average Bonchev–Trinajstić information content (AvgIpc) is 3.16. The number of carbonyl (C=O) groups excluding carboxylic acids is 1. The molecule has 1 unspecified atom stereocenters. The number of nitrogens with one attached hydrogen (secondary N) is 1. The predicted octanol–water partition coefficient (Wildman–Crippen LogP) is 4.32. The van der Waals surface area contributed by atoms with Crippen molar-refractivity contribution in [3.8, 4) is 11.1 Å². The van der Waals surface area contributed by atoms with Gasteiger partial charge in [-0.25, -0.2) is 22.1 Å². The van der Waals surface area contributed by atoms with Gasteiger partial charge in [-0.2, -0.15) is 4.98 Å². The summed E-state index contributed by atoms with van der Waals surface area (Å²) in [7, 11) is 0. The average molecular weight is 508 g/mol. The van der Waals surface area contributed by atoms with Crippen LogP contribution in [-0.4, -0.2) is 38.1 Å². The molecule has 4 aromatic rings. The van der Waals surface area contributed by atoms with E-state index in [1.807, 2.05) is 5.32 Å². The third kappa shape index (κ3) is 4.77. The Kier molecular flexibility index (Phi) is 6.39. The Morgan fingerprint density at radius 2 is 1.97 bits per heavy atom. The SMILES string of the molecule is Cc1ccc(C(O)C(F)(F)CNC(=O)c2c(Cl)ccc(-c3ccn4nc(N)nc4c3)c2F)c(F)c1. The fourth-order valence-electron chi connectivity index (χ4n) is 3.51. The lowest BCUT2D eigenvalue weighted by molar-refractivity contribution is -0.107. The summed E-state index contributed by atoms with van der Waals surface area (Å²) in [5.41, 5.74) is 5.30. The van der Waals surface area contributed by atoms with Crippen LogP contribution in [0.15, 0.2) is 48.7 Å². The number of amides is 1. The van der Waals surface area contributed by atoms with Crippen LogP contribution in [0.4, 0.5) is 23.5 Å². The third-order valence-corrected chi connectivity index (χ3v) is 5.63. The predicted molar refractivity (Wildman–Crippen MR) is 121 cm³/mol. The van der Waals surface area contributed by atoms with Crippen LogP contribution < -0.4 is 11.1 Å². The molecule has 12 heteroatoms. The first-order valence-electron chi connectivity index (χ1n) is 10.2. The summed E-state index contributed by atoms with van der Waals surface area (Å²) in [5, 5.41) is 15.5. The molecule has 2 aromatic carbocycles. The van der Waals surface area contributed by atoms with E-state index in [2.05, 4.69) is 10.1 Å². The number of aromatic nitrogens is 3. The lowest BCUT2D eigenvalue weighted by Gasteiger charge is -2.24. The molecule has 35 heavy (non-hydrogen) atoms. The second-order valence-electron chi connectivity index (χ2n) is 7.84.